The van der Waals surface area contributed by atoms with Crippen LogP contribution >= 0.6 is 39.1 Å². The topological polar surface area (TPSA) is 52.9 Å². The first kappa shape index (κ1) is 20.4. The van der Waals surface area contributed by atoms with Crippen molar-refractivity contribution in [2.45, 2.75) is 12.8 Å². The van der Waals surface area contributed by atoms with Gasteiger partial charge in [-0.05, 0) is 66.1 Å². The number of anilines is 1. The summed E-state index contributed by atoms with van der Waals surface area (Å²) in [6.45, 7) is 1.87. The Bertz CT molecular complexity index is 1060. The van der Waals surface area contributed by atoms with Gasteiger partial charge in [0.2, 0.25) is 0 Å². The van der Waals surface area contributed by atoms with Crippen molar-refractivity contribution in [3.05, 3.63) is 97.4 Å². The second kappa shape index (κ2) is 8.79. The second-order valence-corrected chi connectivity index (χ2v) is 8.02. The van der Waals surface area contributed by atoms with Gasteiger partial charge in [-0.15, -0.1) is 0 Å². The maximum atomic E-state index is 12.5. The Balaban J connectivity index is 1.90. The van der Waals surface area contributed by atoms with Crippen molar-refractivity contribution in [3.63, 3.8) is 0 Å². The van der Waals surface area contributed by atoms with Gasteiger partial charge >= 0.3 is 0 Å². The predicted octanol–water partition coefficient (Wildman–Crippen LogP) is 6.97. The molecule has 0 aliphatic carbocycles. The fourth-order valence-electron chi connectivity index (χ4n) is 2.83. The molecule has 0 spiro atoms. The SMILES string of the molecule is Cc1cc(C(C#N)c2ccc(Cl)cc2)c(Cl)cc1NC(=O)c1ccc(Br)cc1. The number of nitrogens with one attached hydrogen (secondary N) is 1. The van der Waals surface area contributed by atoms with E-state index in [0.29, 0.717) is 26.9 Å². The monoisotopic (exact) mass is 472 g/mol. The van der Waals surface area contributed by atoms with Crippen molar-refractivity contribution in [2.75, 3.05) is 5.32 Å². The molecule has 140 valence electrons. The molecule has 1 N–H and O–H groups in total. The number of carbonyl (C=O) groups excluding carboxylic acids is 1. The van der Waals surface area contributed by atoms with Crippen LogP contribution in [0.1, 0.15) is 33.0 Å². The van der Waals surface area contributed by atoms with E-state index in [1.807, 2.05) is 37.3 Å². The highest BCUT2D eigenvalue weighted by Gasteiger charge is 2.19. The van der Waals surface area contributed by atoms with Crippen molar-refractivity contribution in [1.29, 1.82) is 5.26 Å². The Morgan fingerprint density at radius 2 is 1.71 bits per heavy atom. The summed E-state index contributed by atoms with van der Waals surface area (Å²) in [5, 5.41) is 13.6. The largest absolute Gasteiger partial charge is 0.322 e. The van der Waals surface area contributed by atoms with Crippen molar-refractivity contribution in [2.24, 2.45) is 0 Å². The highest BCUT2D eigenvalue weighted by molar-refractivity contribution is 9.10. The van der Waals surface area contributed by atoms with Crippen LogP contribution in [0.5, 0.6) is 0 Å². The summed E-state index contributed by atoms with van der Waals surface area (Å²) in [5.74, 6) is -0.756. The zero-order valence-corrected chi connectivity index (χ0v) is 17.9. The van der Waals surface area contributed by atoms with E-state index >= 15 is 0 Å². The number of hydrogen-bond donors (Lipinski definition) is 1. The molecule has 3 aromatic carbocycles. The molecule has 1 atom stereocenters. The van der Waals surface area contributed by atoms with E-state index in [9.17, 15) is 10.1 Å². The molecule has 0 fully saturated rings. The van der Waals surface area contributed by atoms with Crippen molar-refractivity contribution in [1.82, 2.24) is 0 Å². The summed E-state index contributed by atoms with van der Waals surface area (Å²) in [5.41, 5.74) is 3.46. The molecule has 0 aromatic heterocycles. The quantitative estimate of drug-likeness (QED) is 0.444. The van der Waals surface area contributed by atoms with Gasteiger partial charge in [0.15, 0.2) is 0 Å². The third-order valence-electron chi connectivity index (χ3n) is 4.34. The third kappa shape index (κ3) is 4.56. The van der Waals surface area contributed by atoms with Gasteiger partial charge in [-0.1, -0.05) is 57.3 Å². The molecule has 0 saturated carbocycles. The Labute approximate surface area is 182 Å². The average molecular weight is 474 g/mol. The molecule has 3 aromatic rings. The van der Waals surface area contributed by atoms with Crippen LogP contribution in [0.4, 0.5) is 5.69 Å². The van der Waals surface area contributed by atoms with E-state index in [1.54, 1.807) is 30.3 Å². The van der Waals surface area contributed by atoms with Crippen LogP contribution in [0.2, 0.25) is 10.0 Å². The summed E-state index contributed by atoms with van der Waals surface area (Å²) in [7, 11) is 0. The van der Waals surface area contributed by atoms with Gasteiger partial charge in [-0.25, -0.2) is 0 Å². The van der Waals surface area contributed by atoms with Crippen LogP contribution in [0.15, 0.2) is 65.1 Å². The smallest absolute Gasteiger partial charge is 0.255 e. The molecule has 0 aliphatic heterocycles. The summed E-state index contributed by atoms with van der Waals surface area (Å²) in [6.07, 6.45) is 0. The molecule has 0 aliphatic rings. The number of nitrogens with zero attached hydrogens (tertiary/aromatic N) is 1. The van der Waals surface area contributed by atoms with Gasteiger partial charge in [0.25, 0.3) is 5.91 Å². The van der Waals surface area contributed by atoms with Crippen LogP contribution in [0, 0.1) is 18.3 Å². The van der Waals surface area contributed by atoms with Gasteiger partial charge < -0.3 is 5.32 Å². The Morgan fingerprint density at radius 3 is 2.32 bits per heavy atom. The Morgan fingerprint density at radius 1 is 1.07 bits per heavy atom. The van der Waals surface area contributed by atoms with E-state index in [0.717, 1.165) is 15.6 Å². The van der Waals surface area contributed by atoms with Crippen molar-refractivity contribution < 1.29 is 4.79 Å². The number of carbonyl (C=O) groups is 1. The minimum Gasteiger partial charge on any atom is -0.322 e. The molecule has 0 heterocycles. The molecule has 6 heteroatoms. The van der Waals surface area contributed by atoms with Crippen LogP contribution in [-0.4, -0.2) is 5.91 Å². The van der Waals surface area contributed by atoms with Crippen LogP contribution in [0.25, 0.3) is 0 Å². The molecule has 3 nitrogen and oxygen atoms in total. The first-order valence-corrected chi connectivity index (χ1v) is 9.96. The minimum absolute atomic E-state index is 0.228. The number of halogens is 3. The maximum absolute atomic E-state index is 12.5. The summed E-state index contributed by atoms with van der Waals surface area (Å²) in [4.78, 5) is 12.5. The lowest BCUT2D eigenvalue weighted by molar-refractivity contribution is 0.102. The number of aryl methyl sites for hydroxylation is 1. The van der Waals surface area contributed by atoms with Crippen LogP contribution in [-0.2, 0) is 0 Å². The van der Waals surface area contributed by atoms with E-state index in [-0.39, 0.29) is 5.91 Å². The van der Waals surface area contributed by atoms with E-state index in [4.69, 9.17) is 23.2 Å². The first-order chi connectivity index (χ1) is 13.4. The molecule has 0 saturated heterocycles. The third-order valence-corrected chi connectivity index (χ3v) is 5.45. The zero-order chi connectivity index (χ0) is 20.3. The highest BCUT2D eigenvalue weighted by atomic mass is 79.9. The number of rotatable bonds is 4. The van der Waals surface area contributed by atoms with Crippen LogP contribution in [0.3, 0.4) is 0 Å². The van der Waals surface area contributed by atoms with Gasteiger partial charge in [0, 0.05) is 25.8 Å². The molecule has 1 amide bonds. The molecule has 28 heavy (non-hydrogen) atoms. The number of nitriles is 1. The maximum Gasteiger partial charge on any atom is 0.255 e. The fourth-order valence-corrected chi connectivity index (χ4v) is 3.50. The summed E-state index contributed by atoms with van der Waals surface area (Å²) >= 11 is 15.8. The van der Waals surface area contributed by atoms with Crippen LogP contribution < -0.4 is 5.32 Å². The molecule has 3 rings (SSSR count). The number of hydrogen-bond acceptors (Lipinski definition) is 2. The molecular weight excluding hydrogens is 459 g/mol. The molecule has 0 radical (unpaired) electrons. The van der Waals surface area contributed by atoms with Gasteiger partial charge in [0.05, 0.1) is 12.0 Å². The van der Waals surface area contributed by atoms with Gasteiger partial charge in [-0.3, -0.25) is 4.79 Å². The zero-order valence-electron chi connectivity index (χ0n) is 14.8. The highest BCUT2D eigenvalue weighted by Crippen LogP contribution is 2.34. The molecule has 1 unspecified atom stereocenters. The van der Waals surface area contributed by atoms with Crippen molar-refractivity contribution >= 4 is 50.7 Å². The second-order valence-electron chi connectivity index (χ2n) is 6.26. The lowest BCUT2D eigenvalue weighted by atomic mass is 9.91. The van der Waals surface area contributed by atoms with Gasteiger partial charge in [-0.2, -0.15) is 5.26 Å². The molecular formula is C22H15BrCl2N2O. The Kier molecular flexibility index (Phi) is 6.41. The summed E-state index contributed by atoms with van der Waals surface area (Å²) < 4.78 is 0.900. The van der Waals surface area contributed by atoms with Crippen molar-refractivity contribution in [3.8, 4) is 6.07 Å². The summed E-state index contributed by atoms with van der Waals surface area (Å²) in [6, 6.07) is 20.0. The minimum atomic E-state index is -0.528. The number of amides is 1. The Hall–Kier alpha value is -2.32. The first-order valence-electron chi connectivity index (χ1n) is 8.41. The normalized spacial score (nSPS) is 11.5. The van der Waals surface area contributed by atoms with E-state index in [1.165, 1.54) is 0 Å². The van der Waals surface area contributed by atoms with E-state index in [2.05, 4.69) is 27.3 Å². The van der Waals surface area contributed by atoms with Gasteiger partial charge in [0.1, 0.15) is 0 Å². The number of benzene rings is 3. The average Bonchev–Trinajstić information content (AvgIpc) is 2.68. The molecule has 0 bridgehead atoms. The fraction of sp³-hybridized carbons (Fsp3) is 0.0909. The predicted molar refractivity (Wildman–Crippen MR) is 117 cm³/mol. The standard InChI is InChI=1S/C22H15BrCl2N2O/c1-13-10-18(19(12-26)14-4-8-17(24)9-5-14)20(25)11-21(13)27-22(28)15-2-6-16(23)7-3-15/h2-11,19H,1H3,(H,27,28). The lowest BCUT2D eigenvalue weighted by Crippen LogP contribution is -2.13. The lowest BCUT2D eigenvalue weighted by Gasteiger charge is -2.16. The van der Waals surface area contributed by atoms with E-state index < -0.39 is 5.92 Å².